The molecule has 3 nitrogen and oxygen atoms in total. The predicted octanol–water partition coefficient (Wildman–Crippen LogP) is 1.79. The van der Waals surface area contributed by atoms with Crippen molar-refractivity contribution in [3.63, 3.8) is 0 Å². The molecule has 1 aliphatic rings. The van der Waals surface area contributed by atoms with Crippen LogP contribution in [-0.4, -0.2) is 16.9 Å². The molecular weight excluding hydrogens is 232 g/mol. The van der Waals surface area contributed by atoms with Crippen LogP contribution in [0.1, 0.15) is 28.8 Å². The van der Waals surface area contributed by atoms with Crippen molar-refractivity contribution in [1.29, 1.82) is 0 Å². The van der Waals surface area contributed by atoms with Gasteiger partial charge in [-0.2, -0.15) is 0 Å². The van der Waals surface area contributed by atoms with Crippen LogP contribution in [0.3, 0.4) is 0 Å². The molecule has 0 heterocycles. The van der Waals surface area contributed by atoms with E-state index in [0.29, 0.717) is 16.5 Å². The number of hydrogen-bond acceptors (Lipinski definition) is 2. The van der Waals surface area contributed by atoms with Crippen molar-refractivity contribution >= 4 is 23.1 Å². The van der Waals surface area contributed by atoms with Crippen molar-refractivity contribution < 1.29 is 4.79 Å². The fraction of sp³-hybridized carbons (Fsp3) is 0.385. The van der Waals surface area contributed by atoms with E-state index >= 15 is 0 Å². The second-order valence-electron chi connectivity index (χ2n) is 4.51. The Bertz CT molecular complexity index is 454. The molecule has 0 radical (unpaired) electrons. The molecule has 4 heteroatoms. The molecule has 0 aromatic heterocycles. The van der Waals surface area contributed by atoms with Crippen molar-refractivity contribution in [2.45, 2.75) is 25.8 Å². The van der Waals surface area contributed by atoms with E-state index in [-0.39, 0.29) is 11.9 Å². The summed E-state index contributed by atoms with van der Waals surface area (Å²) in [4.78, 5) is 12.5. The first kappa shape index (κ1) is 12.0. The highest BCUT2D eigenvalue weighted by Gasteiger charge is 2.34. The molecule has 1 saturated carbocycles. The summed E-state index contributed by atoms with van der Waals surface area (Å²) in [5, 5.41) is 2.93. The minimum absolute atomic E-state index is 0.0900. The summed E-state index contributed by atoms with van der Waals surface area (Å²) in [6, 6.07) is 7.35. The van der Waals surface area contributed by atoms with Gasteiger partial charge in [0, 0.05) is 5.56 Å². The number of nitrogens with two attached hydrogens (primary N) is 1. The predicted molar refractivity (Wildman–Crippen MR) is 71.9 cm³/mol. The molecule has 3 N–H and O–H groups in total. The Balaban J connectivity index is 2.10. The number of nitrogens with one attached hydrogen (secondary N) is 1. The van der Waals surface area contributed by atoms with Gasteiger partial charge in [-0.05, 0) is 37.3 Å². The fourth-order valence-corrected chi connectivity index (χ4v) is 2.15. The molecule has 0 aliphatic heterocycles. The molecule has 0 bridgehead atoms. The summed E-state index contributed by atoms with van der Waals surface area (Å²) in [7, 11) is 0. The maximum atomic E-state index is 12.1. The van der Waals surface area contributed by atoms with E-state index in [1.807, 2.05) is 31.2 Å². The number of thiocarbonyl (C=S) groups is 1. The van der Waals surface area contributed by atoms with Crippen molar-refractivity contribution in [3.05, 3.63) is 35.4 Å². The number of carbonyl (C=O) groups is 1. The van der Waals surface area contributed by atoms with E-state index in [1.54, 1.807) is 0 Å². The van der Waals surface area contributed by atoms with E-state index in [4.69, 9.17) is 18.0 Å². The lowest BCUT2D eigenvalue weighted by molar-refractivity contribution is 0.0943. The van der Waals surface area contributed by atoms with Gasteiger partial charge in [-0.15, -0.1) is 0 Å². The quantitative estimate of drug-likeness (QED) is 0.799. The largest absolute Gasteiger partial charge is 0.392 e. The summed E-state index contributed by atoms with van der Waals surface area (Å²) in [5.41, 5.74) is 7.31. The maximum absolute atomic E-state index is 12.1. The second kappa shape index (κ2) is 4.84. The van der Waals surface area contributed by atoms with Crippen LogP contribution < -0.4 is 11.1 Å². The average molecular weight is 248 g/mol. The van der Waals surface area contributed by atoms with Crippen LogP contribution in [0.25, 0.3) is 0 Å². The lowest BCUT2D eigenvalue weighted by atomic mass is 10.1. The van der Waals surface area contributed by atoms with E-state index in [1.165, 1.54) is 0 Å². The number of benzene rings is 1. The highest BCUT2D eigenvalue weighted by atomic mass is 32.1. The van der Waals surface area contributed by atoms with Gasteiger partial charge in [0.25, 0.3) is 5.91 Å². The third-order valence-corrected chi connectivity index (χ3v) is 3.33. The van der Waals surface area contributed by atoms with Gasteiger partial charge in [0.1, 0.15) is 0 Å². The van der Waals surface area contributed by atoms with Gasteiger partial charge in [-0.3, -0.25) is 4.79 Å². The average Bonchev–Trinajstić information content (AvgIpc) is 3.09. The maximum Gasteiger partial charge on any atom is 0.252 e. The minimum atomic E-state index is -0.155. The zero-order valence-electron chi connectivity index (χ0n) is 9.77. The summed E-state index contributed by atoms with van der Waals surface area (Å²) in [6.45, 7) is 1.92. The molecule has 1 aromatic carbocycles. The summed E-state index contributed by atoms with van der Waals surface area (Å²) in [6.07, 6.45) is 2.19. The molecule has 1 aliphatic carbocycles. The van der Waals surface area contributed by atoms with Crippen LogP contribution in [0.2, 0.25) is 0 Å². The van der Waals surface area contributed by atoms with E-state index in [2.05, 4.69) is 5.32 Å². The van der Waals surface area contributed by atoms with Crippen LogP contribution >= 0.6 is 12.2 Å². The summed E-state index contributed by atoms with van der Waals surface area (Å²) >= 11 is 5.00. The number of carbonyl (C=O) groups excluding carboxylic acids is 1. The van der Waals surface area contributed by atoms with Crippen LogP contribution in [-0.2, 0) is 0 Å². The molecule has 2 rings (SSSR count). The van der Waals surface area contributed by atoms with Gasteiger partial charge in [0.05, 0.1) is 11.0 Å². The third-order valence-electron chi connectivity index (χ3n) is 3.08. The number of amides is 1. The number of hydrogen-bond donors (Lipinski definition) is 2. The van der Waals surface area contributed by atoms with Gasteiger partial charge in [0.15, 0.2) is 0 Å². The highest BCUT2D eigenvalue weighted by Crippen LogP contribution is 2.32. The Morgan fingerprint density at radius 3 is 2.65 bits per heavy atom. The number of rotatable bonds is 4. The van der Waals surface area contributed by atoms with Crippen molar-refractivity contribution in [2.75, 3.05) is 0 Å². The molecule has 90 valence electrons. The molecule has 0 spiro atoms. The van der Waals surface area contributed by atoms with Crippen molar-refractivity contribution in [1.82, 2.24) is 5.32 Å². The van der Waals surface area contributed by atoms with Gasteiger partial charge >= 0.3 is 0 Å². The Hall–Kier alpha value is -1.42. The molecule has 1 amide bonds. The monoisotopic (exact) mass is 248 g/mol. The highest BCUT2D eigenvalue weighted by molar-refractivity contribution is 7.80. The molecule has 1 atom stereocenters. The van der Waals surface area contributed by atoms with Crippen molar-refractivity contribution in [2.24, 2.45) is 11.7 Å². The SMILES string of the molecule is Cc1ccccc1C(=O)NC(C(N)=S)C1CC1. The minimum Gasteiger partial charge on any atom is -0.392 e. The first-order chi connectivity index (χ1) is 8.09. The smallest absolute Gasteiger partial charge is 0.252 e. The Labute approximate surface area is 106 Å². The van der Waals surface area contributed by atoms with E-state index < -0.39 is 0 Å². The standard InChI is InChI=1S/C13H16N2OS/c1-8-4-2-3-5-10(8)13(16)15-11(12(14)17)9-6-7-9/h2-5,9,11H,6-7H2,1H3,(H2,14,17)(H,15,16). The Morgan fingerprint density at radius 1 is 1.47 bits per heavy atom. The van der Waals surface area contributed by atoms with Gasteiger partial charge in [0.2, 0.25) is 0 Å². The molecule has 1 fully saturated rings. The van der Waals surface area contributed by atoms with Gasteiger partial charge < -0.3 is 11.1 Å². The Morgan fingerprint density at radius 2 is 2.12 bits per heavy atom. The molecule has 1 unspecified atom stereocenters. The van der Waals surface area contributed by atoms with E-state index in [9.17, 15) is 4.79 Å². The lowest BCUT2D eigenvalue weighted by Crippen LogP contribution is -2.45. The van der Waals surface area contributed by atoms with Crippen molar-refractivity contribution in [3.8, 4) is 0 Å². The lowest BCUT2D eigenvalue weighted by Gasteiger charge is -2.17. The third kappa shape index (κ3) is 2.82. The Kier molecular flexibility index (Phi) is 3.43. The molecule has 0 saturated heterocycles. The molecule has 17 heavy (non-hydrogen) atoms. The zero-order valence-corrected chi connectivity index (χ0v) is 10.6. The first-order valence-corrected chi connectivity index (χ1v) is 6.16. The van der Waals surface area contributed by atoms with Crippen LogP contribution in [0.4, 0.5) is 0 Å². The zero-order chi connectivity index (χ0) is 12.4. The number of aryl methyl sites for hydroxylation is 1. The normalized spacial score (nSPS) is 16.3. The fourth-order valence-electron chi connectivity index (χ4n) is 1.90. The molecular formula is C13H16N2OS. The topological polar surface area (TPSA) is 55.1 Å². The molecule has 1 aromatic rings. The summed E-state index contributed by atoms with van der Waals surface area (Å²) in [5.74, 6) is 0.341. The summed E-state index contributed by atoms with van der Waals surface area (Å²) < 4.78 is 0. The second-order valence-corrected chi connectivity index (χ2v) is 4.98. The van der Waals surface area contributed by atoms with E-state index in [0.717, 1.165) is 18.4 Å². The van der Waals surface area contributed by atoms with Gasteiger partial charge in [-0.25, -0.2) is 0 Å². The van der Waals surface area contributed by atoms with Crippen LogP contribution in [0, 0.1) is 12.8 Å². The van der Waals surface area contributed by atoms with Crippen LogP contribution in [0.15, 0.2) is 24.3 Å². The first-order valence-electron chi connectivity index (χ1n) is 5.75. The van der Waals surface area contributed by atoms with Crippen LogP contribution in [0.5, 0.6) is 0 Å². The van der Waals surface area contributed by atoms with Gasteiger partial charge in [-0.1, -0.05) is 30.4 Å².